The lowest BCUT2D eigenvalue weighted by molar-refractivity contribution is 0.0117. The fourth-order valence-electron chi connectivity index (χ4n) is 1.20. The van der Waals surface area contributed by atoms with Crippen molar-refractivity contribution in [1.29, 1.82) is 0 Å². The molecule has 0 amide bonds. The highest BCUT2D eigenvalue weighted by molar-refractivity contribution is 4.56. The number of ether oxygens (including phenoxy) is 1. The normalized spacial score (nSPS) is 19.8. The van der Waals surface area contributed by atoms with Gasteiger partial charge in [-0.15, -0.1) is 0 Å². The molecule has 12 heavy (non-hydrogen) atoms. The number of hydrazine groups is 1. The molecule has 0 aliphatic carbocycles. The second-order valence-corrected chi connectivity index (χ2v) is 2.94. The van der Waals surface area contributed by atoms with Crippen molar-refractivity contribution in [2.75, 3.05) is 39.5 Å². The molecule has 0 radical (unpaired) electrons. The van der Waals surface area contributed by atoms with Crippen molar-refractivity contribution in [3.05, 3.63) is 0 Å². The standard InChI is InChI=1S/C8H18N2O2/c11-6-2-1-3-9-10-4-7-12-8-5-10/h9,11H,1-8H2. The topological polar surface area (TPSA) is 44.7 Å². The van der Waals surface area contributed by atoms with Gasteiger partial charge in [-0.3, -0.25) is 5.43 Å². The molecule has 0 bridgehead atoms. The van der Waals surface area contributed by atoms with E-state index in [1.54, 1.807) is 0 Å². The van der Waals surface area contributed by atoms with Crippen LogP contribution in [0.4, 0.5) is 0 Å². The zero-order valence-corrected chi connectivity index (χ0v) is 7.46. The Morgan fingerprint density at radius 2 is 2.00 bits per heavy atom. The molecule has 0 aromatic carbocycles. The molecule has 0 spiro atoms. The van der Waals surface area contributed by atoms with Gasteiger partial charge < -0.3 is 9.84 Å². The number of hydrogen-bond donors (Lipinski definition) is 2. The summed E-state index contributed by atoms with van der Waals surface area (Å²) in [5.41, 5.74) is 3.30. The summed E-state index contributed by atoms with van der Waals surface area (Å²) in [7, 11) is 0. The summed E-state index contributed by atoms with van der Waals surface area (Å²) in [5.74, 6) is 0. The van der Waals surface area contributed by atoms with Crippen LogP contribution in [0.15, 0.2) is 0 Å². The van der Waals surface area contributed by atoms with Crippen molar-refractivity contribution in [2.45, 2.75) is 12.8 Å². The highest BCUT2D eigenvalue weighted by atomic mass is 16.5. The molecule has 0 atom stereocenters. The van der Waals surface area contributed by atoms with E-state index in [0.29, 0.717) is 6.61 Å². The van der Waals surface area contributed by atoms with Crippen LogP contribution in [0, 0.1) is 0 Å². The van der Waals surface area contributed by atoms with E-state index in [2.05, 4.69) is 10.4 Å². The van der Waals surface area contributed by atoms with Crippen molar-refractivity contribution in [2.24, 2.45) is 0 Å². The van der Waals surface area contributed by atoms with Gasteiger partial charge in [-0.25, -0.2) is 5.01 Å². The van der Waals surface area contributed by atoms with Crippen LogP contribution in [0.1, 0.15) is 12.8 Å². The molecular formula is C8H18N2O2. The minimum atomic E-state index is 0.296. The highest BCUT2D eigenvalue weighted by Gasteiger charge is 2.07. The van der Waals surface area contributed by atoms with Crippen LogP contribution in [-0.4, -0.2) is 49.6 Å². The van der Waals surface area contributed by atoms with E-state index >= 15 is 0 Å². The average molecular weight is 174 g/mol. The van der Waals surface area contributed by atoms with E-state index in [1.807, 2.05) is 0 Å². The molecule has 2 N–H and O–H groups in total. The van der Waals surface area contributed by atoms with Crippen molar-refractivity contribution < 1.29 is 9.84 Å². The number of unbranched alkanes of at least 4 members (excludes halogenated alkanes) is 1. The summed E-state index contributed by atoms with van der Waals surface area (Å²) >= 11 is 0. The van der Waals surface area contributed by atoms with Crippen molar-refractivity contribution in [3.8, 4) is 0 Å². The Balaban J connectivity index is 1.91. The molecule has 1 saturated heterocycles. The molecule has 1 aliphatic heterocycles. The number of nitrogens with one attached hydrogen (secondary N) is 1. The predicted octanol–water partition coefficient (Wildman–Crippen LogP) is -0.404. The number of nitrogens with zero attached hydrogens (tertiary/aromatic N) is 1. The molecule has 4 nitrogen and oxygen atoms in total. The fourth-order valence-corrected chi connectivity index (χ4v) is 1.20. The quantitative estimate of drug-likeness (QED) is 0.556. The number of rotatable bonds is 5. The van der Waals surface area contributed by atoms with Crippen molar-refractivity contribution >= 4 is 0 Å². The summed E-state index contributed by atoms with van der Waals surface area (Å²) in [4.78, 5) is 0. The van der Waals surface area contributed by atoms with E-state index in [9.17, 15) is 0 Å². The molecule has 0 aromatic rings. The average Bonchev–Trinajstić information content (AvgIpc) is 2.14. The summed E-state index contributed by atoms with van der Waals surface area (Å²) in [6.45, 7) is 4.85. The lowest BCUT2D eigenvalue weighted by Gasteiger charge is -2.27. The van der Waals surface area contributed by atoms with Gasteiger partial charge in [0.15, 0.2) is 0 Å². The van der Waals surface area contributed by atoms with Gasteiger partial charge in [-0.1, -0.05) is 0 Å². The number of hydrogen-bond acceptors (Lipinski definition) is 4. The van der Waals surface area contributed by atoms with Crippen LogP contribution in [0.3, 0.4) is 0 Å². The van der Waals surface area contributed by atoms with Crippen LogP contribution in [-0.2, 0) is 4.74 Å². The van der Waals surface area contributed by atoms with Crippen LogP contribution >= 0.6 is 0 Å². The van der Waals surface area contributed by atoms with Gasteiger partial charge in [0.2, 0.25) is 0 Å². The number of morpholine rings is 1. The fraction of sp³-hybridized carbons (Fsp3) is 1.00. The maximum atomic E-state index is 8.54. The van der Waals surface area contributed by atoms with Crippen LogP contribution in [0.25, 0.3) is 0 Å². The van der Waals surface area contributed by atoms with Crippen LogP contribution < -0.4 is 5.43 Å². The number of aliphatic hydroxyl groups excluding tert-OH is 1. The smallest absolute Gasteiger partial charge is 0.0608 e. The molecule has 1 rings (SSSR count). The van der Waals surface area contributed by atoms with Gasteiger partial charge in [-0.05, 0) is 12.8 Å². The lowest BCUT2D eigenvalue weighted by atomic mass is 10.3. The second-order valence-electron chi connectivity index (χ2n) is 2.94. The van der Waals surface area contributed by atoms with E-state index in [1.165, 1.54) is 0 Å². The van der Waals surface area contributed by atoms with Gasteiger partial charge >= 0.3 is 0 Å². The zero-order valence-electron chi connectivity index (χ0n) is 7.46. The van der Waals surface area contributed by atoms with E-state index < -0.39 is 0 Å². The molecular weight excluding hydrogens is 156 g/mol. The maximum Gasteiger partial charge on any atom is 0.0608 e. The third-order valence-electron chi connectivity index (χ3n) is 1.93. The Morgan fingerprint density at radius 3 is 2.67 bits per heavy atom. The van der Waals surface area contributed by atoms with Gasteiger partial charge in [-0.2, -0.15) is 0 Å². The van der Waals surface area contributed by atoms with Crippen LogP contribution in [0.5, 0.6) is 0 Å². The predicted molar refractivity (Wildman–Crippen MR) is 46.7 cm³/mol. The Labute approximate surface area is 73.5 Å². The first-order valence-electron chi connectivity index (χ1n) is 4.60. The van der Waals surface area contributed by atoms with E-state index in [4.69, 9.17) is 9.84 Å². The first-order valence-corrected chi connectivity index (χ1v) is 4.60. The first kappa shape index (κ1) is 9.92. The lowest BCUT2D eigenvalue weighted by Crippen LogP contribution is -2.46. The van der Waals surface area contributed by atoms with Gasteiger partial charge in [0, 0.05) is 26.2 Å². The summed E-state index contributed by atoms with van der Waals surface area (Å²) in [5, 5.41) is 10.7. The molecule has 0 saturated carbocycles. The van der Waals surface area contributed by atoms with E-state index in [0.717, 1.165) is 45.7 Å². The summed E-state index contributed by atoms with van der Waals surface area (Å²) in [6, 6.07) is 0. The first-order chi connectivity index (χ1) is 5.93. The maximum absolute atomic E-state index is 8.54. The third kappa shape index (κ3) is 4.01. The second kappa shape index (κ2) is 6.37. The number of aliphatic hydroxyl groups is 1. The van der Waals surface area contributed by atoms with Gasteiger partial charge in [0.05, 0.1) is 13.2 Å². The van der Waals surface area contributed by atoms with Crippen molar-refractivity contribution in [1.82, 2.24) is 10.4 Å². The van der Waals surface area contributed by atoms with Gasteiger partial charge in [0.25, 0.3) is 0 Å². The molecule has 72 valence electrons. The monoisotopic (exact) mass is 174 g/mol. The Bertz CT molecular complexity index is 105. The molecule has 4 heteroatoms. The molecule has 1 fully saturated rings. The van der Waals surface area contributed by atoms with E-state index in [-0.39, 0.29) is 0 Å². The summed E-state index contributed by atoms with van der Waals surface area (Å²) in [6.07, 6.45) is 1.92. The Kier molecular flexibility index (Phi) is 5.27. The Hall–Kier alpha value is -0.160. The largest absolute Gasteiger partial charge is 0.396 e. The molecule has 0 unspecified atom stereocenters. The third-order valence-corrected chi connectivity index (χ3v) is 1.93. The molecule has 1 heterocycles. The van der Waals surface area contributed by atoms with Gasteiger partial charge in [0.1, 0.15) is 0 Å². The minimum Gasteiger partial charge on any atom is -0.396 e. The van der Waals surface area contributed by atoms with Crippen LogP contribution in [0.2, 0.25) is 0 Å². The minimum absolute atomic E-state index is 0.296. The van der Waals surface area contributed by atoms with Crippen molar-refractivity contribution in [3.63, 3.8) is 0 Å². The molecule has 0 aromatic heterocycles. The SMILES string of the molecule is OCCCCNN1CCOCC1. The summed E-state index contributed by atoms with van der Waals surface area (Å²) < 4.78 is 5.21. The highest BCUT2D eigenvalue weighted by Crippen LogP contribution is 1.93. The molecule has 1 aliphatic rings. The zero-order chi connectivity index (χ0) is 8.65. The Morgan fingerprint density at radius 1 is 1.25 bits per heavy atom.